The molecular formula is C12H14FN3O3. The Labute approximate surface area is 109 Å². The highest BCUT2D eigenvalue weighted by Gasteiger charge is 2.13. The highest BCUT2D eigenvalue weighted by molar-refractivity contribution is 5.92. The van der Waals surface area contributed by atoms with E-state index in [0.717, 1.165) is 0 Å². The van der Waals surface area contributed by atoms with Crippen LogP contribution < -0.4 is 5.32 Å². The zero-order valence-electron chi connectivity index (χ0n) is 10.6. The topological polar surface area (TPSA) is 64.9 Å². The van der Waals surface area contributed by atoms with Gasteiger partial charge < -0.3 is 19.2 Å². The summed E-state index contributed by atoms with van der Waals surface area (Å²) in [6, 6.07) is 2.79. The van der Waals surface area contributed by atoms with Gasteiger partial charge in [0.2, 0.25) is 0 Å². The molecule has 6 nitrogen and oxygen atoms in total. The number of hydrogen-bond donors (Lipinski definition) is 1. The molecule has 0 saturated heterocycles. The van der Waals surface area contributed by atoms with Gasteiger partial charge in [-0.3, -0.25) is 4.79 Å². The number of halogens is 1. The molecule has 0 atom stereocenters. The Morgan fingerprint density at radius 3 is 2.84 bits per heavy atom. The van der Waals surface area contributed by atoms with Gasteiger partial charge in [-0.1, -0.05) is 0 Å². The van der Waals surface area contributed by atoms with E-state index in [9.17, 15) is 9.18 Å². The molecule has 102 valence electrons. The Morgan fingerprint density at radius 1 is 1.42 bits per heavy atom. The lowest BCUT2D eigenvalue weighted by Gasteiger charge is -2.13. The van der Waals surface area contributed by atoms with Gasteiger partial charge in [-0.2, -0.15) is 0 Å². The van der Waals surface area contributed by atoms with Crippen LogP contribution in [0.3, 0.4) is 0 Å². The monoisotopic (exact) mass is 267 g/mol. The number of imidazole rings is 1. The Balaban J connectivity index is 2.09. The Morgan fingerprint density at radius 2 is 2.16 bits per heavy atom. The van der Waals surface area contributed by atoms with E-state index in [1.165, 1.54) is 43.1 Å². The molecule has 0 bridgehead atoms. The van der Waals surface area contributed by atoms with E-state index in [-0.39, 0.29) is 18.1 Å². The molecular weight excluding hydrogens is 253 g/mol. The van der Waals surface area contributed by atoms with Crippen LogP contribution in [0, 0.1) is 5.82 Å². The van der Waals surface area contributed by atoms with E-state index in [0.29, 0.717) is 5.65 Å². The fraction of sp³-hybridized carbons (Fsp3) is 0.333. The van der Waals surface area contributed by atoms with Gasteiger partial charge in [0.1, 0.15) is 17.2 Å². The number of rotatable bonds is 5. The average molecular weight is 267 g/mol. The maximum Gasteiger partial charge on any atom is 0.271 e. The van der Waals surface area contributed by atoms with Gasteiger partial charge in [0, 0.05) is 26.6 Å². The van der Waals surface area contributed by atoms with Crippen LogP contribution in [-0.4, -0.2) is 42.3 Å². The first-order valence-corrected chi connectivity index (χ1v) is 5.62. The molecule has 0 spiro atoms. The van der Waals surface area contributed by atoms with Crippen molar-refractivity contribution in [3.63, 3.8) is 0 Å². The normalized spacial score (nSPS) is 11.2. The van der Waals surface area contributed by atoms with Gasteiger partial charge in [0.05, 0.1) is 6.54 Å². The molecule has 2 heterocycles. The molecule has 2 rings (SSSR count). The van der Waals surface area contributed by atoms with Crippen LogP contribution in [0.15, 0.2) is 24.5 Å². The fourth-order valence-electron chi connectivity index (χ4n) is 1.60. The summed E-state index contributed by atoms with van der Waals surface area (Å²) in [4.78, 5) is 15.9. The lowest BCUT2D eigenvalue weighted by molar-refractivity contribution is -0.0974. The quantitative estimate of drug-likeness (QED) is 0.815. The number of nitrogens with one attached hydrogen (secondary N) is 1. The van der Waals surface area contributed by atoms with Crippen molar-refractivity contribution in [2.24, 2.45) is 0 Å². The van der Waals surface area contributed by atoms with E-state index >= 15 is 0 Å². The van der Waals surface area contributed by atoms with Crippen LogP contribution in [0.4, 0.5) is 4.39 Å². The summed E-state index contributed by atoms with van der Waals surface area (Å²) in [6.07, 6.45) is 2.20. The summed E-state index contributed by atoms with van der Waals surface area (Å²) >= 11 is 0. The molecule has 1 amide bonds. The molecule has 0 aliphatic heterocycles. The minimum absolute atomic E-state index is 0.202. The number of ether oxygens (including phenoxy) is 2. The number of hydrogen-bond acceptors (Lipinski definition) is 4. The molecule has 2 aromatic heterocycles. The third kappa shape index (κ3) is 3.07. The Kier molecular flexibility index (Phi) is 4.08. The fourth-order valence-corrected chi connectivity index (χ4v) is 1.60. The maximum atomic E-state index is 13.0. The molecule has 0 aliphatic carbocycles. The summed E-state index contributed by atoms with van der Waals surface area (Å²) in [7, 11) is 2.96. The van der Waals surface area contributed by atoms with Crippen LogP contribution >= 0.6 is 0 Å². The second-order valence-electron chi connectivity index (χ2n) is 3.85. The maximum absolute atomic E-state index is 13.0. The van der Waals surface area contributed by atoms with Crippen LogP contribution in [0.2, 0.25) is 0 Å². The van der Waals surface area contributed by atoms with E-state index in [2.05, 4.69) is 10.3 Å². The zero-order chi connectivity index (χ0) is 13.8. The van der Waals surface area contributed by atoms with Crippen LogP contribution in [0.5, 0.6) is 0 Å². The summed E-state index contributed by atoms with van der Waals surface area (Å²) < 4.78 is 24.4. The van der Waals surface area contributed by atoms with Crippen LogP contribution in [-0.2, 0) is 9.47 Å². The summed E-state index contributed by atoms with van der Waals surface area (Å²) in [5.41, 5.74) is 0.707. The molecule has 0 saturated carbocycles. The number of amides is 1. The van der Waals surface area contributed by atoms with Crippen molar-refractivity contribution in [1.29, 1.82) is 0 Å². The van der Waals surface area contributed by atoms with Crippen molar-refractivity contribution in [1.82, 2.24) is 14.7 Å². The molecule has 0 fully saturated rings. The first kappa shape index (κ1) is 13.4. The van der Waals surface area contributed by atoms with Crippen LogP contribution in [0.25, 0.3) is 5.65 Å². The molecule has 0 aliphatic rings. The van der Waals surface area contributed by atoms with Gasteiger partial charge in [0.15, 0.2) is 6.29 Å². The number of pyridine rings is 1. The molecule has 0 aromatic carbocycles. The lowest BCUT2D eigenvalue weighted by Crippen LogP contribution is -2.34. The third-order valence-corrected chi connectivity index (χ3v) is 2.60. The van der Waals surface area contributed by atoms with Gasteiger partial charge in [-0.25, -0.2) is 9.37 Å². The number of fused-ring (bicyclic) bond motifs is 1. The van der Waals surface area contributed by atoms with Crippen molar-refractivity contribution in [3.05, 3.63) is 36.0 Å². The molecule has 0 radical (unpaired) electrons. The molecule has 1 N–H and O–H groups in total. The predicted molar refractivity (Wildman–Crippen MR) is 65.3 cm³/mol. The van der Waals surface area contributed by atoms with Gasteiger partial charge in [-0.15, -0.1) is 0 Å². The average Bonchev–Trinajstić information content (AvgIpc) is 2.82. The van der Waals surface area contributed by atoms with Crippen LogP contribution in [0.1, 0.15) is 10.5 Å². The van der Waals surface area contributed by atoms with Crippen molar-refractivity contribution in [2.45, 2.75) is 6.29 Å². The standard InChI is InChI=1S/C12H14FN3O3/c1-18-11(19-2)5-14-12(17)9-7-16-6-8(13)3-4-10(16)15-9/h3-4,6-7,11H,5H2,1-2H3,(H,14,17). The van der Waals surface area contributed by atoms with Crippen molar-refractivity contribution >= 4 is 11.6 Å². The number of carbonyl (C=O) groups is 1. The Bertz CT molecular complexity index is 581. The van der Waals surface area contributed by atoms with E-state index < -0.39 is 12.1 Å². The minimum atomic E-state index is -0.515. The predicted octanol–water partition coefficient (Wildman–Crippen LogP) is 0.822. The minimum Gasteiger partial charge on any atom is -0.354 e. The first-order chi connectivity index (χ1) is 9.13. The second kappa shape index (κ2) is 5.77. The number of carbonyl (C=O) groups excluding carboxylic acids is 1. The lowest BCUT2D eigenvalue weighted by atomic mass is 10.4. The van der Waals surface area contributed by atoms with Crippen molar-refractivity contribution in [2.75, 3.05) is 20.8 Å². The van der Waals surface area contributed by atoms with E-state index in [1.807, 2.05) is 0 Å². The van der Waals surface area contributed by atoms with Crippen molar-refractivity contribution in [3.8, 4) is 0 Å². The van der Waals surface area contributed by atoms with Crippen molar-refractivity contribution < 1.29 is 18.7 Å². The summed E-state index contributed by atoms with van der Waals surface area (Å²) in [5.74, 6) is -0.765. The second-order valence-corrected chi connectivity index (χ2v) is 3.85. The highest BCUT2D eigenvalue weighted by Crippen LogP contribution is 2.07. The number of aromatic nitrogens is 2. The largest absolute Gasteiger partial charge is 0.354 e. The van der Waals surface area contributed by atoms with E-state index in [1.54, 1.807) is 0 Å². The van der Waals surface area contributed by atoms with Gasteiger partial charge in [-0.05, 0) is 12.1 Å². The highest BCUT2D eigenvalue weighted by atomic mass is 19.1. The summed E-state index contributed by atoms with van der Waals surface area (Å²) in [5, 5.41) is 2.62. The number of methoxy groups -OCH3 is 2. The third-order valence-electron chi connectivity index (χ3n) is 2.60. The Hall–Kier alpha value is -1.99. The van der Waals surface area contributed by atoms with Gasteiger partial charge in [0.25, 0.3) is 5.91 Å². The molecule has 19 heavy (non-hydrogen) atoms. The molecule has 0 unspecified atom stereocenters. The molecule has 7 heteroatoms. The number of nitrogens with zero attached hydrogens (tertiary/aromatic N) is 2. The summed E-state index contributed by atoms with van der Waals surface area (Å²) in [6.45, 7) is 0.202. The first-order valence-electron chi connectivity index (χ1n) is 5.62. The van der Waals surface area contributed by atoms with Gasteiger partial charge >= 0.3 is 0 Å². The SMILES string of the molecule is COC(CNC(=O)c1cn2cc(F)ccc2n1)OC. The smallest absolute Gasteiger partial charge is 0.271 e. The molecule has 2 aromatic rings. The zero-order valence-corrected chi connectivity index (χ0v) is 10.6. The van der Waals surface area contributed by atoms with E-state index in [4.69, 9.17) is 9.47 Å².